The topological polar surface area (TPSA) is 58.7 Å². The minimum absolute atomic E-state index is 0.0691. The molecule has 1 aliphatic heterocycles. The molecule has 1 fully saturated rings. The fraction of sp³-hybridized carbons (Fsp3) is 0.333. The fourth-order valence-corrected chi connectivity index (χ4v) is 3.85. The SMILES string of the molecule is O=C(CCn1c(=O)oc2ccccc21)N1CCN(Cc2cccc(Cl)c2)CC1. The van der Waals surface area contributed by atoms with Gasteiger partial charge in [0.1, 0.15) is 0 Å². The summed E-state index contributed by atoms with van der Waals surface area (Å²) < 4.78 is 6.75. The number of aromatic nitrogens is 1. The number of rotatable bonds is 5. The third kappa shape index (κ3) is 4.13. The molecule has 0 saturated carbocycles. The Kier molecular flexibility index (Phi) is 5.50. The summed E-state index contributed by atoms with van der Waals surface area (Å²) in [4.78, 5) is 28.8. The molecule has 2 heterocycles. The van der Waals surface area contributed by atoms with Crippen molar-refractivity contribution in [2.75, 3.05) is 26.2 Å². The van der Waals surface area contributed by atoms with Crippen molar-refractivity contribution in [3.63, 3.8) is 0 Å². The van der Waals surface area contributed by atoms with Gasteiger partial charge in [0.05, 0.1) is 5.52 Å². The number of halogens is 1. The van der Waals surface area contributed by atoms with E-state index in [1.807, 2.05) is 41.3 Å². The van der Waals surface area contributed by atoms with E-state index in [0.29, 0.717) is 25.2 Å². The predicted molar refractivity (Wildman–Crippen MR) is 108 cm³/mol. The van der Waals surface area contributed by atoms with Crippen molar-refractivity contribution in [2.45, 2.75) is 19.5 Å². The van der Waals surface area contributed by atoms with Gasteiger partial charge < -0.3 is 9.32 Å². The minimum atomic E-state index is -0.416. The van der Waals surface area contributed by atoms with Gasteiger partial charge in [0.2, 0.25) is 5.91 Å². The lowest BCUT2D eigenvalue weighted by molar-refractivity contribution is -0.133. The molecule has 6 nitrogen and oxygen atoms in total. The second-order valence-electron chi connectivity index (χ2n) is 7.02. The summed E-state index contributed by atoms with van der Waals surface area (Å²) in [5, 5.41) is 0.744. The van der Waals surface area contributed by atoms with Crippen molar-refractivity contribution in [3.8, 4) is 0 Å². The molecule has 0 unspecified atom stereocenters. The van der Waals surface area contributed by atoms with E-state index >= 15 is 0 Å². The van der Waals surface area contributed by atoms with Crippen LogP contribution in [0.15, 0.2) is 57.7 Å². The van der Waals surface area contributed by atoms with Crippen LogP contribution in [-0.2, 0) is 17.9 Å². The summed E-state index contributed by atoms with van der Waals surface area (Å²) >= 11 is 6.05. The molecule has 146 valence electrons. The molecule has 0 bridgehead atoms. The first-order valence-corrected chi connectivity index (χ1v) is 9.81. The number of aryl methyl sites for hydroxylation is 1. The zero-order valence-electron chi connectivity index (χ0n) is 15.5. The predicted octanol–water partition coefficient (Wildman–Crippen LogP) is 2.98. The van der Waals surface area contributed by atoms with Crippen molar-refractivity contribution in [1.29, 1.82) is 0 Å². The summed E-state index contributed by atoms with van der Waals surface area (Å²) in [6.07, 6.45) is 0.289. The van der Waals surface area contributed by atoms with Gasteiger partial charge in [-0.05, 0) is 29.8 Å². The second kappa shape index (κ2) is 8.20. The first-order valence-electron chi connectivity index (χ1n) is 9.43. The number of piperazine rings is 1. The Morgan fingerprint density at radius 3 is 2.61 bits per heavy atom. The molecule has 28 heavy (non-hydrogen) atoms. The highest BCUT2D eigenvalue weighted by Crippen LogP contribution is 2.15. The molecule has 0 spiro atoms. The Morgan fingerprint density at radius 1 is 1.04 bits per heavy atom. The van der Waals surface area contributed by atoms with Crippen molar-refractivity contribution in [1.82, 2.24) is 14.4 Å². The molecular weight excluding hydrogens is 378 g/mol. The number of hydrogen-bond donors (Lipinski definition) is 0. The van der Waals surface area contributed by atoms with Gasteiger partial charge in [0, 0.05) is 50.7 Å². The Labute approximate surface area is 167 Å². The van der Waals surface area contributed by atoms with Crippen molar-refractivity contribution in [3.05, 3.63) is 69.7 Å². The maximum absolute atomic E-state index is 12.6. The molecule has 0 N–H and O–H groups in total. The summed E-state index contributed by atoms with van der Waals surface area (Å²) in [5.41, 5.74) is 2.46. The number of carbonyl (C=O) groups is 1. The molecule has 0 radical (unpaired) electrons. The number of para-hydroxylation sites is 2. The Morgan fingerprint density at radius 2 is 1.82 bits per heavy atom. The van der Waals surface area contributed by atoms with Gasteiger partial charge in [-0.2, -0.15) is 0 Å². The first kappa shape index (κ1) is 18.8. The molecule has 1 aromatic heterocycles. The molecule has 7 heteroatoms. The zero-order chi connectivity index (χ0) is 19.5. The molecule has 3 aromatic rings. The lowest BCUT2D eigenvalue weighted by atomic mass is 10.2. The van der Waals surface area contributed by atoms with E-state index in [4.69, 9.17) is 16.0 Å². The first-order chi connectivity index (χ1) is 13.6. The monoisotopic (exact) mass is 399 g/mol. The van der Waals surface area contributed by atoms with Crippen LogP contribution in [0, 0.1) is 0 Å². The van der Waals surface area contributed by atoms with Gasteiger partial charge in [0.25, 0.3) is 0 Å². The van der Waals surface area contributed by atoms with Crippen LogP contribution in [0.2, 0.25) is 5.02 Å². The zero-order valence-corrected chi connectivity index (χ0v) is 16.3. The number of amides is 1. The summed E-state index contributed by atoms with van der Waals surface area (Å²) in [5.74, 6) is -0.347. The van der Waals surface area contributed by atoms with Gasteiger partial charge in [-0.15, -0.1) is 0 Å². The van der Waals surface area contributed by atoms with E-state index in [2.05, 4.69) is 11.0 Å². The number of hydrogen-bond acceptors (Lipinski definition) is 4. The molecule has 0 aliphatic carbocycles. The normalized spacial score (nSPS) is 15.2. The van der Waals surface area contributed by atoms with E-state index in [9.17, 15) is 9.59 Å². The highest BCUT2D eigenvalue weighted by Gasteiger charge is 2.21. The smallest absolute Gasteiger partial charge is 0.408 e. The van der Waals surface area contributed by atoms with E-state index in [1.54, 1.807) is 6.07 Å². The van der Waals surface area contributed by atoms with Crippen LogP contribution in [0.1, 0.15) is 12.0 Å². The van der Waals surface area contributed by atoms with Crippen LogP contribution in [0.25, 0.3) is 11.1 Å². The van der Waals surface area contributed by atoms with Gasteiger partial charge in [-0.1, -0.05) is 35.9 Å². The number of nitrogens with zero attached hydrogens (tertiary/aromatic N) is 3. The van der Waals surface area contributed by atoms with Crippen LogP contribution < -0.4 is 5.76 Å². The maximum atomic E-state index is 12.6. The standard InChI is InChI=1S/C21H22ClN3O3/c22-17-5-3-4-16(14-17)15-23-10-12-24(13-11-23)20(26)8-9-25-18-6-1-2-7-19(18)28-21(25)27/h1-7,14H,8-13,15H2. The molecule has 1 saturated heterocycles. The van der Waals surface area contributed by atoms with Gasteiger partial charge >= 0.3 is 5.76 Å². The second-order valence-corrected chi connectivity index (χ2v) is 7.46. The Balaban J connectivity index is 1.30. The van der Waals surface area contributed by atoms with E-state index < -0.39 is 5.76 Å². The van der Waals surface area contributed by atoms with Crippen LogP contribution in [0.5, 0.6) is 0 Å². The third-order valence-corrected chi connectivity index (χ3v) is 5.38. The number of carbonyl (C=O) groups excluding carboxylic acids is 1. The number of benzene rings is 2. The Bertz CT molecular complexity index is 1030. The van der Waals surface area contributed by atoms with Crippen LogP contribution in [0.3, 0.4) is 0 Å². The number of oxazole rings is 1. The van der Waals surface area contributed by atoms with Crippen LogP contribution >= 0.6 is 11.6 Å². The quantitative estimate of drug-likeness (QED) is 0.661. The van der Waals surface area contributed by atoms with Gasteiger partial charge in [-0.25, -0.2) is 4.79 Å². The molecule has 1 amide bonds. The average molecular weight is 400 g/mol. The van der Waals surface area contributed by atoms with Crippen LogP contribution in [0.4, 0.5) is 0 Å². The Hall–Kier alpha value is -2.57. The molecule has 2 aromatic carbocycles. The van der Waals surface area contributed by atoms with Crippen LogP contribution in [-0.4, -0.2) is 46.5 Å². The molecule has 4 rings (SSSR count). The largest absolute Gasteiger partial charge is 0.419 e. The molecular formula is C21H22ClN3O3. The lowest BCUT2D eigenvalue weighted by Crippen LogP contribution is -2.48. The third-order valence-electron chi connectivity index (χ3n) is 5.14. The summed E-state index contributed by atoms with van der Waals surface area (Å²) in [6.45, 7) is 4.21. The van der Waals surface area contributed by atoms with E-state index in [1.165, 1.54) is 10.1 Å². The van der Waals surface area contributed by atoms with Crippen molar-refractivity contribution >= 4 is 28.6 Å². The van der Waals surface area contributed by atoms with Gasteiger partial charge in [0.15, 0.2) is 5.58 Å². The average Bonchev–Trinajstić information content (AvgIpc) is 3.02. The molecule has 0 atom stereocenters. The lowest BCUT2D eigenvalue weighted by Gasteiger charge is -2.34. The highest BCUT2D eigenvalue weighted by molar-refractivity contribution is 6.30. The maximum Gasteiger partial charge on any atom is 0.419 e. The van der Waals surface area contributed by atoms with Crippen molar-refractivity contribution < 1.29 is 9.21 Å². The van der Waals surface area contributed by atoms with E-state index in [0.717, 1.165) is 30.2 Å². The highest BCUT2D eigenvalue weighted by atomic mass is 35.5. The van der Waals surface area contributed by atoms with Crippen molar-refractivity contribution in [2.24, 2.45) is 0 Å². The molecule has 1 aliphatic rings. The summed E-state index contributed by atoms with van der Waals surface area (Å²) in [6, 6.07) is 15.1. The summed E-state index contributed by atoms with van der Waals surface area (Å²) in [7, 11) is 0. The number of fused-ring (bicyclic) bond motifs is 1. The minimum Gasteiger partial charge on any atom is -0.408 e. The van der Waals surface area contributed by atoms with E-state index in [-0.39, 0.29) is 12.3 Å². The fourth-order valence-electron chi connectivity index (χ4n) is 3.64. The van der Waals surface area contributed by atoms with Gasteiger partial charge in [-0.3, -0.25) is 14.3 Å².